The first kappa shape index (κ1) is 18.8. The third-order valence-electron chi connectivity index (χ3n) is 5.89. The van der Waals surface area contributed by atoms with E-state index in [0.717, 1.165) is 41.7 Å². The van der Waals surface area contributed by atoms with Gasteiger partial charge in [0.1, 0.15) is 6.04 Å². The molecule has 2 aliphatic heterocycles. The van der Waals surface area contributed by atoms with E-state index in [-0.39, 0.29) is 24.3 Å². The van der Waals surface area contributed by atoms with E-state index in [2.05, 4.69) is 5.32 Å². The second-order valence-corrected chi connectivity index (χ2v) is 7.94. The van der Waals surface area contributed by atoms with Gasteiger partial charge in [0, 0.05) is 12.3 Å². The highest BCUT2D eigenvalue weighted by molar-refractivity contribution is 6.05. The summed E-state index contributed by atoms with van der Waals surface area (Å²) >= 11 is 0. The van der Waals surface area contributed by atoms with Gasteiger partial charge in [0.15, 0.2) is 0 Å². The number of aryl methyl sites for hydroxylation is 1. The molecule has 0 spiro atoms. The molecule has 2 amide bonds. The number of anilines is 2. The summed E-state index contributed by atoms with van der Waals surface area (Å²) in [6.07, 6.45) is 2.01. The molecule has 0 bridgehead atoms. The van der Waals surface area contributed by atoms with E-state index in [0.29, 0.717) is 12.5 Å². The minimum atomic E-state index is -0.613. The quantitative estimate of drug-likeness (QED) is 0.707. The third-order valence-corrected chi connectivity index (χ3v) is 5.89. The molecule has 7 heteroatoms. The van der Waals surface area contributed by atoms with Gasteiger partial charge in [-0.2, -0.15) is 0 Å². The summed E-state index contributed by atoms with van der Waals surface area (Å²) in [5.41, 5.74) is 3.43. The van der Waals surface area contributed by atoms with Gasteiger partial charge < -0.3 is 10.1 Å². The Bertz CT molecular complexity index is 1120. The smallest absolute Gasteiger partial charge is 0.253 e. The second kappa shape index (κ2) is 7.57. The van der Waals surface area contributed by atoms with Gasteiger partial charge in [-0.05, 0) is 43.5 Å². The maximum atomic E-state index is 13.3. The van der Waals surface area contributed by atoms with Crippen molar-refractivity contribution in [1.82, 2.24) is 9.55 Å². The Kier molecular flexibility index (Phi) is 4.75. The Hall–Kier alpha value is -3.19. The largest absolute Gasteiger partial charge is 0.376 e. The van der Waals surface area contributed by atoms with Crippen molar-refractivity contribution in [3.8, 4) is 0 Å². The monoisotopic (exact) mass is 404 g/mol. The highest BCUT2D eigenvalue weighted by Gasteiger charge is 2.42. The van der Waals surface area contributed by atoms with Gasteiger partial charge in [0.2, 0.25) is 11.9 Å². The SMILES string of the molecule is Cc1ccccc1NC(=O)C[C@H]1C(=O)N(C[C@@H]2CCCO2)c2nc3ccccc3n21. The Morgan fingerprint density at radius 2 is 2.00 bits per heavy atom. The molecular weight excluding hydrogens is 380 g/mol. The number of rotatable bonds is 5. The van der Waals surface area contributed by atoms with Crippen LogP contribution in [0.15, 0.2) is 48.5 Å². The number of hydrogen-bond acceptors (Lipinski definition) is 4. The third kappa shape index (κ3) is 3.25. The predicted octanol–water partition coefficient (Wildman–Crippen LogP) is 3.44. The maximum Gasteiger partial charge on any atom is 0.253 e. The first-order valence-corrected chi connectivity index (χ1v) is 10.4. The summed E-state index contributed by atoms with van der Waals surface area (Å²) in [6.45, 7) is 3.14. The number of hydrogen-bond donors (Lipinski definition) is 1. The lowest BCUT2D eigenvalue weighted by Crippen LogP contribution is -2.37. The number of para-hydroxylation sites is 3. The fourth-order valence-corrected chi connectivity index (χ4v) is 4.35. The summed E-state index contributed by atoms with van der Waals surface area (Å²) in [4.78, 5) is 32.6. The van der Waals surface area contributed by atoms with Crippen LogP contribution in [0, 0.1) is 6.92 Å². The molecule has 1 saturated heterocycles. The molecule has 30 heavy (non-hydrogen) atoms. The fourth-order valence-electron chi connectivity index (χ4n) is 4.35. The van der Waals surface area contributed by atoms with Crippen molar-refractivity contribution in [3.05, 3.63) is 54.1 Å². The van der Waals surface area contributed by atoms with Crippen molar-refractivity contribution < 1.29 is 14.3 Å². The van der Waals surface area contributed by atoms with Crippen LogP contribution in [0.2, 0.25) is 0 Å². The lowest BCUT2D eigenvalue weighted by molar-refractivity contribution is -0.124. The highest BCUT2D eigenvalue weighted by atomic mass is 16.5. The predicted molar refractivity (Wildman–Crippen MR) is 115 cm³/mol. The number of carbonyl (C=O) groups is 2. The molecule has 154 valence electrons. The summed E-state index contributed by atoms with van der Waals surface area (Å²) in [5.74, 6) is 0.314. The Morgan fingerprint density at radius 1 is 1.20 bits per heavy atom. The Balaban J connectivity index is 1.45. The lowest BCUT2D eigenvalue weighted by Gasteiger charge is -2.19. The number of benzene rings is 2. The minimum Gasteiger partial charge on any atom is -0.376 e. The highest BCUT2D eigenvalue weighted by Crippen LogP contribution is 2.37. The molecule has 0 aliphatic carbocycles. The van der Waals surface area contributed by atoms with Crippen LogP contribution in [0.4, 0.5) is 11.6 Å². The molecule has 2 atom stereocenters. The average molecular weight is 404 g/mol. The Morgan fingerprint density at radius 3 is 2.80 bits per heavy atom. The van der Waals surface area contributed by atoms with Crippen molar-refractivity contribution in [3.63, 3.8) is 0 Å². The maximum absolute atomic E-state index is 13.3. The summed E-state index contributed by atoms with van der Waals surface area (Å²) in [5, 5.41) is 2.95. The number of ether oxygens (including phenoxy) is 1. The van der Waals surface area contributed by atoms with Gasteiger partial charge in [0.25, 0.3) is 5.91 Å². The number of nitrogens with zero attached hydrogens (tertiary/aromatic N) is 3. The van der Waals surface area contributed by atoms with E-state index >= 15 is 0 Å². The van der Waals surface area contributed by atoms with E-state index in [1.54, 1.807) is 4.90 Å². The van der Waals surface area contributed by atoms with Crippen LogP contribution in [0.1, 0.15) is 30.9 Å². The molecule has 1 aromatic heterocycles. The number of imidazole rings is 1. The zero-order valence-electron chi connectivity index (χ0n) is 16.9. The van der Waals surface area contributed by atoms with E-state index in [1.165, 1.54) is 0 Å². The first-order valence-electron chi connectivity index (χ1n) is 10.4. The van der Waals surface area contributed by atoms with Crippen LogP contribution in [-0.4, -0.2) is 40.6 Å². The van der Waals surface area contributed by atoms with Gasteiger partial charge in [0.05, 0.1) is 30.1 Å². The number of carbonyl (C=O) groups excluding carboxylic acids is 2. The van der Waals surface area contributed by atoms with Crippen LogP contribution in [0.3, 0.4) is 0 Å². The fraction of sp³-hybridized carbons (Fsp3) is 0.348. The summed E-state index contributed by atoms with van der Waals surface area (Å²) in [7, 11) is 0. The molecule has 5 rings (SSSR count). The summed E-state index contributed by atoms with van der Waals surface area (Å²) < 4.78 is 7.66. The van der Waals surface area contributed by atoms with Gasteiger partial charge in [-0.1, -0.05) is 30.3 Å². The van der Waals surface area contributed by atoms with Crippen molar-refractivity contribution >= 4 is 34.5 Å². The zero-order chi connectivity index (χ0) is 20.7. The molecule has 3 aromatic rings. The number of aromatic nitrogens is 2. The minimum absolute atomic E-state index is 0.0155. The first-order chi connectivity index (χ1) is 14.6. The molecule has 0 saturated carbocycles. The van der Waals surface area contributed by atoms with Crippen LogP contribution in [0.5, 0.6) is 0 Å². The van der Waals surface area contributed by atoms with Gasteiger partial charge >= 0.3 is 0 Å². The van der Waals surface area contributed by atoms with Crippen molar-refractivity contribution in [1.29, 1.82) is 0 Å². The average Bonchev–Trinajstić information content (AvgIpc) is 3.44. The van der Waals surface area contributed by atoms with Crippen LogP contribution >= 0.6 is 0 Å². The standard InChI is InChI=1S/C23H24N4O3/c1-15-7-2-3-9-17(15)24-21(28)13-20-22(29)26(14-16-8-6-12-30-16)23-25-18-10-4-5-11-19(18)27(20)23/h2-5,7,9-11,16,20H,6,8,12-14H2,1H3,(H,24,28)/t16-,20-/m0/s1. The molecule has 2 aromatic carbocycles. The summed E-state index contributed by atoms with van der Waals surface area (Å²) in [6, 6.07) is 14.7. The topological polar surface area (TPSA) is 76.5 Å². The van der Waals surface area contributed by atoms with Crippen molar-refractivity contribution in [2.75, 3.05) is 23.4 Å². The van der Waals surface area contributed by atoms with Gasteiger partial charge in [-0.15, -0.1) is 0 Å². The lowest BCUT2D eigenvalue weighted by atomic mass is 10.1. The molecule has 7 nitrogen and oxygen atoms in total. The molecule has 2 aliphatic rings. The van der Waals surface area contributed by atoms with Crippen LogP contribution in [0.25, 0.3) is 11.0 Å². The van der Waals surface area contributed by atoms with Crippen LogP contribution in [-0.2, 0) is 14.3 Å². The van der Waals surface area contributed by atoms with Crippen molar-refractivity contribution in [2.24, 2.45) is 0 Å². The van der Waals surface area contributed by atoms with Crippen molar-refractivity contribution in [2.45, 2.75) is 38.3 Å². The molecule has 0 unspecified atom stereocenters. The van der Waals surface area contributed by atoms with E-state index in [1.807, 2.05) is 60.0 Å². The van der Waals surface area contributed by atoms with Gasteiger partial charge in [-0.3, -0.25) is 19.1 Å². The number of amides is 2. The molecule has 1 N–H and O–H groups in total. The second-order valence-electron chi connectivity index (χ2n) is 7.94. The normalized spacial score (nSPS) is 20.7. The molecule has 1 fully saturated rings. The van der Waals surface area contributed by atoms with E-state index in [9.17, 15) is 9.59 Å². The van der Waals surface area contributed by atoms with E-state index in [4.69, 9.17) is 9.72 Å². The van der Waals surface area contributed by atoms with E-state index < -0.39 is 6.04 Å². The van der Waals surface area contributed by atoms with Gasteiger partial charge in [-0.25, -0.2) is 4.98 Å². The van der Waals surface area contributed by atoms with Crippen LogP contribution < -0.4 is 10.2 Å². The number of fused-ring (bicyclic) bond motifs is 3. The number of nitrogens with one attached hydrogen (secondary N) is 1. The Labute approximate surface area is 174 Å². The molecular formula is C23H24N4O3. The molecule has 3 heterocycles. The zero-order valence-corrected chi connectivity index (χ0v) is 16.9. The molecule has 0 radical (unpaired) electrons.